The number of rotatable bonds is 4. The van der Waals surface area contributed by atoms with E-state index < -0.39 is 0 Å². The van der Waals surface area contributed by atoms with Crippen LogP contribution in [-0.4, -0.2) is 15.9 Å². The Morgan fingerprint density at radius 1 is 1.22 bits per heavy atom. The topological polar surface area (TPSA) is 71.0 Å². The molecule has 1 heterocycles. The summed E-state index contributed by atoms with van der Waals surface area (Å²) in [5, 5.41) is 15.9. The number of nitro groups is 1. The summed E-state index contributed by atoms with van der Waals surface area (Å²) in [7, 11) is 0. The number of nitrogens with one attached hydrogen (secondary N) is 2. The molecule has 1 aromatic heterocycles. The summed E-state index contributed by atoms with van der Waals surface area (Å²) in [4.78, 5) is 14.1. The second-order valence-corrected chi connectivity index (χ2v) is 8.70. The Morgan fingerprint density at radius 2 is 1.96 bits per heavy atom. The van der Waals surface area contributed by atoms with Gasteiger partial charge in [0, 0.05) is 51.2 Å². The third-order valence-electron chi connectivity index (χ3n) is 5.51. The number of aryl methyl sites for hydroxylation is 1. The number of halogens is 1. The van der Waals surface area contributed by atoms with E-state index in [0.29, 0.717) is 6.04 Å². The van der Waals surface area contributed by atoms with Gasteiger partial charge in [-0.2, -0.15) is 0 Å². The molecule has 1 aliphatic rings. The summed E-state index contributed by atoms with van der Waals surface area (Å²) in [6.07, 6.45) is 3.07. The van der Waals surface area contributed by atoms with E-state index in [1.165, 1.54) is 22.2 Å². The number of hydrogen-bond acceptors (Lipinski definition) is 3. The maximum Gasteiger partial charge on any atom is 0.269 e. The molecule has 0 bridgehead atoms. The van der Waals surface area contributed by atoms with Gasteiger partial charge in [-0.15, -0.1) is 0 Å². The third-order valence-corrected chi connectivity index (χ3v) is 6.01. The molecule has 5 nitrogen and oxygen atoms in total. The van der Waals surface area contributed by atoms with Crippen molar-refractivity contribution in [2.45, 2.75) is 44.7 Å². The number of non-ortho nitro benzene ring substituents is 1. The predicted molar refractivity (Wildman–Crippen MR) is 111 cm³/mol. The van der Waals surface area contributed by atoms with E-state index in [1.807, 2.05) is 12.1 Å². The molecule has 0 fully saturated rings. The van der Waals surface area contributed by atoms with Crippen molar-refractivity contribution in [2.75, 3.05) is 0 Å². The molecular formula is C21H22BrN3O2. The van der Waals surface area contributed by atoms with Crippen LogP contribution in [0.2, 0.25) is 0 Å². The zero-order valence-corrected chi connectivity index (χ0v) is 17.0. The zero-order chi connectivity index (χ0) is 19.2. The van der Waals surface area contributed by atoms with Gasteiger partial charge in [0.2, 0.25) is 0 Å². The first kappa shape index (κ1) is 18.2. The van der Waals surface area contributed by atoms with E-state index >= 15 is 0 Å². The number of benzene rings is 2. The maximum absolute atomic E-state index is 10.9. The van der Waals surface area contributed by atoms with Crippen LogP contribution in [0.5, 0.6) is 0 Å². The van der Waals surface area contributed by atoms with Gasteiger partial charge < -0.3 is 10.3 Å². The van der Waals surface area contributed by atoms with Gasteiger partial charge in [0.05, 0.1) is 4.92 Å². The van der Waals surface area contributed by atoms with Crippen molar-refractivity contribution in [1.29, 1.82) is 0 Å². The minimum absolute atomic E-state index is 0.126. The Kier molecular flexibility index (Phi) is 4.56. The summed E-state index contributed by atoms with van der Waals surface area (Å²) in [5.74, 6) is 0. The number of fused-ring (bicyclic) bond motifs is 3. The highest BCUT2D eigenvalue weighted by molar-refractivity contribution is 9.10. The van der Waals surface area contributed by atoms with E-state index in [9.17, 15) is 10.1 Å². The van der Waals surface area contributed by atoms with Gasteiger partial charge in [-0.3, -0.25) is 10.1 Å². The van der Waals surface area contributed by atoms with Crippen LogP contribution in [0, 0.1) is 10.1 Å². The van der Waals surface area contributed by atoms with E-state index in [1.54, 1.807) is 12.1 Å². The average Bonchev–Trinajstić information content (AvgIpc) is 2.98. The minimum Gasteiger partial charge on any atom is -0.358 e. The number of aromatic amines is 1. The molecule has 0 spiro atoms. The fraction of sp³-hybridized carbons (Fsp3) is 0.333. The summed E-state index contributed by atoms with van der Waals surface area (Å²) in [5.41, 5.74) is 4.86. The van der Waals surface area contributed by atoms with Crippen LogP contribution in [0.15, 0.2) is 46.9 Å². The quantitative estimate of drug-likeness (QED) is 0.442. The summed E-state index contributed by atoms with van der Waals surface area (Å²) in [6.45, 7) is 4.26. The fourth-order valence-electron chi connectivity index (χ4n) is 4.12. The fourth-order valence-corrected chi connectivity index (χ4v) is 4.48. The second kappa shape index (κ2) is 6.77. The van der Waals surface area contributed by atoms with Crippen molar-refractivity contribution in [3.63, 3.8) is 0 Å². The SMILES string of the molecule is CC(C)(N[C@H]1CCc2c([nH]c3ccc(Br)cc23)C1)c1ccc([N+](=O)[O-])cc1. The lowest BCUT2D eigenvalue weighted by Crippen LogP contribution is -2.46. The number of H-pyrrole nitrogens is 1. The lowest BCUT2D eigenvalue weighted by Gasteiger charge is -2.34. The van der Waals surface area contributed by atoms with Crippen molar-refractivity contribution in [1.82, 2.24) is 10.3 Å². The average molecular weight is 428 g/mol. The van der Waals surface area contributed by atoms with Crippen molar-refractivity contribution in [2.24, 2.45) is 0 Å². The Hall–Kier alpha value is -2.18. The van der Waals surface area contributed by atoms with E-state index in [0.717, 1.165) is 29.3 Å². The number of nitrogens with zero attached hydrogens (tertiary/aromatic N) is 1. The summed E-state index contributed by atoms with van der Waals surface area (Å²) >= 11 is 3.57. The lowest BCUT2D eigenvalue weighted by atomic mass is 9.87. The van der Waals surface area contributed by atoms with Crippen LogP contribution in [0.4, 0.5) is 5.69 Å². The van der Waals surface area contributed by atoms with E-state index in [4.69, 9.17) is 0 Å². The molecule has 1 atom stereocenters. The molecule has 140 valence electrons. The standard InChI is InChI=1S/C21H22BrN3O2/c1-21(2,13-3-7-16(8-4-13)25(26)27)24-15-6-9-17-18-11-14(22)5-10-19(18)23-20(17)12-15/h3-5,7-8,10-11,15,23-24H,6,9,12H2,1-2H3/t15-/m0/s1. The molecule has 27 heavy (non-hydrogen) atoms. The summed E-state index contributed by atoms with van der Waals surface area (Å²) in [6, 6.07) is 13.6. The molecule has 0 aliphatic heterocycles. The third kappa shape index (κ3) is 3.51. The Balaban J connectivity index is 1.53. The van der Waals surface area contributed by atoms with Gasteiger partial charge in [0.15, 0.2) is 0 Å². The van der Waals surface area contributed by atoms with Gasteiger partial charge in [0.1, 0.15) is 0 Å². The number of hydrogen-bond donors (Lipinski definition) is 2. The van der Waals surface area contributed by atoms with Crippen LogP contribution in [0.3, 0.4) is 0 Å². The van der Waals surface area contributed by atoms with Crippen molar-refractivity contribution < 1.29 is 4.92 Å². The van der Waals surface area contributed by atoms with Gasteiger partial charge >= 0.3 is 0 Å². The van der Waals surface area contributed by atoms with Gasteiger partial charge in [-0.25, -0.2) is 0 Å². The molecular weight excluding hydrogens is 406 g/mol. The van der Waals surface area contributed by atoms with Gasteiger partial charge in [-0.05, 0) is 56.0 Å². The van der Waals surface area contributed by atoms with Crippen molar-refractivity contribution in [3.8, 4) is 0 Å². The first-order valence-corrected chi connectivity index (χ1v) is 9.94. The predicted octanol–water partition coefficient (Wildman–Crippen LogP) is 5.22. The molecule has 2 aromatic carbocycles. The number of aromatic nitrogens is 1. The normalized spacial score (nSPS) is 17.1. The molecule has 4 rings (SSSR count). The smallest absolute Gasteiger partial charge is 0.269 e. The molecule has 3 aromatic rings. The Labute approximate surface area is 166 Å². The molecule has 0 saturated heterocycles. The lowest BCUT2D eigenvalue weighted by molar-refractivity contribution is -0.384. The van der Waals surface area contributed by atoms with Crippen LogP contribution in [0.1, 0.15) is 37.1 Å². The highest BCUT2D eigenvalue weighted by atomic mass is 79.9. The first-order chi connectivity index (χ1) is 12.8. The van der Waals surface area contributed by atoms with E-state index in [2.05, 4.69) is 58.3 Å². The highest BCUT2D eigenvalue weighted by Gasteiger charge is 2.29. The number of nitro benzene ring substituents is 1. The maximum atomic E-state index is 10.9. The molecule has 0 radical (unpaired) electrons. The summed E-state index contributed by atoms with van der Waals surface area (Å²) < 4.78 is 1.11. The van der Waals surface area contributed by atoms with Gasteiger partial charge in [0.25, 0.3) is 5.69 Å². The molecule has 1 aliphatic carbocycles. The van der Waals surface area contributed by atoms with Gasteiger partial charge in [-0.1, -0.05) is 28.1 Å². The first-order valence-electron chi connectivity index (χ1n) is 9.15. The van der Waals surface area contributed by atoms with Crippen LogP contribution in [0.25, 0.3) is 10.9 Å². The van der Waals surface area contributed by atoms with Crippen LogP contribution < -0.4 is 5.32 Å². The molecule has 0 amide bonds. The minimum atomic E-state index is -0.360. The zero-order valence-electron chi connectivity index (χ0n) is 15.4. The Morgan fingerprint density at radius 3 is 2.67 bits per heavy atom. The second-order valence-electron chi connectivity index (χ2n) is 7.79. The van der Waals surface area contributed by atoms with Crippen molar-refractivity contribution >= 4 is 32.5 Å². The van der Waals surface area contributed by atoms with Crippen LogP contribution >= 0.6 is 15.9 Å². The molecule has 0 saturated carbocycles. The largest absolute Gasteiger partial charge is 0.358 e. The molecule has 0 unspecified atom stereocenters. The van der Waals surface area contributed by atoms with Crippen LogP contribution in [-0.2, 0) is 18.4 Å². The van der Waals surface area contributed by atoms with E-state index in [-0.39, 0.29) is 16.1 Å². The molecule has 6 heteroatoms. The molecule has 2 N–H and O–H groups in total. The Bertz CT molecular complexity index is 1010. The highest BCUT2D eigenvalue weighted by Crippen LogP contribution is 2.32. The monoisotopic (exact) mass is 427 g/mol. The van der Waals surface area contributed by atoms with Crippen molar-refractivity contribution in [3.05, 3.63) is 73.9 Å².